The van der Waals surface area contributed by atoms with Gasteiger partial charge in [0, 0.05) is 12.0 Å². The Labute approximate surface area is 117 Å². The zero-order valence-corrected chi connectivity index (χ0v) is 11.9. The van der Waals surface area contributed by atoms with Crippen molar-refractivity contribution >= 4 is 17.1 Å². The molecule has 1 unspecified atom stereocenters. The zero-order chi connectivity index (χ0) is 13.7. The molecule has 1 aromatic carbocycles. The first-order valence-corrected chi connectivity index (χ1v) is 7.19. The number of aryl methyl sites for hydroxylation is 1. The molecular formula is C15H17NO2S. The van der Waals surface area contributed by atoms with E-state index in [0.717, 1.165) is 16.3 Å². The molecule has 2 aromatic rings. The third-order valence-electron chi connectivity index (χ3n) is 2.75. The molecule has 0 aliphatic rings. The van der Waals surface area contributed by atoms with Gasteiger partial charge in [0.25, 0.3) is 0 Å². The van der Waals surface area contributed by atoms with E-state index in [-0.39, 0.29) is 5.78 Å². The van der Waals surface area contributed by atoms with Gasteiger partial charge in [-0.1, -0.05) is 30.3 Å². The third kappa shape index (κ3) is 3.72. The Kier molecular flexibility index (Phi) is 4.82. The lowest BCUT2D eigenvalue weighted by Gasteiger charge is -2.15. The van der Waals surface area contributed by atoms with Crippen molar-refractivity contribution in [1.29, 1.82) is 0 Å². The summed E-state index contributed by atoms with van der Waals surface area (Å²) in [6.07, 6.45) is -0.169. The molecule has 0 spiro atoms. The van der Waals surface area contributed by atoms with Crippen LogP contribution in [0.1, 0.15) is 29.3 Å². The van der Waals surface area contributed by atoms with Gasteiger partial charge in [-0.05, 0) is 19.4 Å². The maximum Gasteiger partial charge on any atom is 0.172 e. The van der Waals surface area contributed by atoms with Crippen molar-refractivity contribution in [2.75, 3.05) is 6.61 Å². The minimum atomic E-state index is -0.492. The van der Waals surface area contributed by atoms with Crippen LogP contribution in [0.4, 0.5) is 0 Å². The molecule has 0 aliphatic heterocycles. The molecule has 100 valence electrons. The first kappa shape index (κ1) is 13.9. The maximum atomic E-state index is 12.4. The van der Waals surface area contributed by atoms with Crippen LogP contribution in [0.3, 0.4) is 0 Å². The molecule has 0 fully saturated rings. The molecule has 0 bridgehead atoms. The van der Waals surface area contributed by atoms with E-state index in [0.29, 0.717) is 13.0 Å². The summed E-state index contributed by atoms with van der Waals surface area (Å²) >= 11 is 1.56. The second-order valence-electron chi connectivity index (χ2n) is 4.25. The second kappa shape index (κ2) is 6.59. The van der Waals surface area contributed by atoms with E-state index in [1.165, 1.54) is 0 Å². The normalized spacial score (nSPS) is 12.3. The first-order valence-electron chi connectivity index (χ1n) is 6.31. The summed E-state index contributed by atoms with van der Waals surface area (Å²) in [7, 11) is 0. The van der Waals surface area contributed by atoms with E-state index in [9.17, 15) is 4.79 Å². The number of carbonyl (C=O) groups is 1. The Morgan fingerprint density at radius 2 is 2.11 bits per heavy atom. The number of Topliss-reactive ketones (excluding diaryl/α,β-unsaturated/α-hetero) is 1. The van der Waals surface area contributed by atoms with Gasteiger partial charge < -0.3 is 4.74 Å². The summed E-state index contributed by atoms with van der Waals surface area (Å²) in [5.41, 5.74) is 1.73. The van der Waals surface area contributed by atoms with Crippen molar-refractivity contribution < 1.29 is 9.53 Å². The average Bonchev–Trinajstić information content (AvgIpc) is 2.82. The van der Waals surface area contributed by atoms with Gasteiger partial charge in [0.2, 0.25) is 0 Å². The Morgan fingerprint density at radius 1 is 1.37 bits per heavy atom. The van der Waals surface area contributed by atoms with Crippen molar-refractivity contribution in [3.05, 3.63) is 52.0 Å². The monoisotopic (exact) mass is 275 g/mol. The summed E-state index contributed by atoms with van der Waals surface area (Å²) < 4.78 is 5.59. The fourth-order valence-electron chi connectivity index (χ4n) is 1.93. The van der Waals surface area contributed by atoms with Crippen molar-refractivity contribution in [3.63, 3.8) is 0 Å². The van der Waals surface area contributed by atoms with E-state index in [1.807, 2.05) is 49.6 Å². The predicted molar refractivity (Wildman–Crippen MR) is 76.4 cm³/mol. The number of rotatable bonds is 6. The van der Waals surface area contributed by atoms with E-state index in [4.69, 9.17) is 4.74 Å². The highest BCUT2D eigenvalue weighted by Crippen LogP contribution is 2.20. The summed E-state index contributed by atoms with van der Waals surface area (Å²) in [5.74, 6) is 0.0540. The molecule has 2 rings (SSSR count). The standard InChI is InChI=1S/C15H17NO2S/c1-3-18-15(12-7-5-4-6-8-12)14(17)9-13-10-19-11(2)16-13/h4-8,10,15H,3,9H2,1-2H3. The van der Waals surface area contributed by atoms with Crippen LogP contribution in [-0.4, -0.2) is 17.4 Å². The Morgan fingerprint density at radius 3 is 2.68 bits per heavy atom. The topological polar surface area (TPSA) is 39.2 Å². The molecule has 0 saturated heterocycles. The largest absolute Gasteiger partial charge is 0.366 e. The molecule has 1 heterocycles. The Balaban J connectivity index is 2.13. The molecular weight excluding hydrogens is 258 g/mol. The first-order chi connectivity index (χ1) is 9.20. The van der Waals surface area contributed by atoms with Crippen LogP contribution < -0.4 is 0 Å². The van der Waals surface area contributed by atoms with E-state index in [2.05, 4.69) is 4.98 Å². The lowest BCUT2D eigenvalue weighted by Crippen LogP contribution is -2.18. The summed E-state index contributed by atoms with van der Waals surface area (Å²) in [6.45, 7) is 4.35. The van der Waals surface area contributed by atoms with Gasteiger partial charge in [-0.3, -0.25) is 4.79 Å². The highest BCUT2D eigenvalue weighted by atomic mass is 32.1. The number of ether oxygens (including phenoxy) is 1. The number of hydrogen-bond donors (Lipinski definition) is 0. The molecule has 4 heteroatoms. The van der Waals surface area contributed by atoms with Crippen LogP contribution in [0.25, 0.3) is 0 Å². The number of carbonyl (C=O) groups excluding carboxylic acids is 1. The van der Waals surface area contributed by atoms with Gasteiger partial charge in [0.15, 0.2) is 5.78 Å². The lowest BCUT2D eigenvalue weighted by atomic mass is 10.0. The van der Waals surface area contributed by atoms with Crippen molar-refractivity contribution in [1.82, 2.24) is 4.98 Å². The number of nitrogens with zero attached hydrogens (tertiary/aromatic N) is 1. The van der Waals surface area contributed by atoms with E-state index < -0.39 is 6.10 Å². The molecule has 3 nitrogen and oxygen atoms in total. The van der Waals surface area contributed by atoms with Gasteiger partial charge in [-0.2, -0.15) is 0 Å². The predicted octanol–water partition coefficient (Wildman–Crippen LogP) is 3.34. The van der Waals surface area contributed by atoms with Crippen molar-refractivity contribution in [2.45, 2.75) is 26.4 Å². The SMILES string of the molecule is CCOC(C(=O)Cc1csc(C)n1)c1ccccc1. The van der Waals surface area contributed by atoms with Crippen LogP contribution in [-0.2, 0) is 16.0 Å². The van der Waals surface area contributed by atoms with E-state index in [1.54, 1.807) is 11.3 Å². The lowest BCUT2D eigenvalue weighted by molar-refractivity contribution is -0.130. The number of hydrogen-bond acceptors (Lipinski definition) is 4. The molecule has 1 aromatic heterocycles. The Hall–Kier alpha value is -1.52. The highest BCUT2D eigenvalue weighted by molar-refractivity contribution is 7.09. The minimum absolute atomic E-state index is 0.0540. The fourth-order valence-corrected chi connectivity index (χ4v) is 2.54. The highest BCUT2D eigenvalue weighted by Gasteiger charge is 2.21. The summed E-state index contributed by atoms with van der Waals surface area (Å²) in [6, 6.07) is 9.61. The smallest absolute Gasteiger partial charge is 0.172 e. The Bertz CT molecular complexity index is 536. The molecule has 0 saturated carbocycles. The number of aromatic nitrogens is 1. The van der Waals surface area contributed by atoms with Crippen LogP contribution in [0.5, 0.6) is 0 Å². The second-order valence-corrected chi connectivity index (χ2v) is 5.31. The quantitative estimate of drug-likeness (QED) is 0.811. The molecule has 0 aliphatic carbocycles. The van der Waals surface area contributed by atoms with E-state index >= 15 is 0 Å². The van der Waals surface area contributed by atoms with Gasteiger partial charge in [-0.25, -0.2) is 4.98 Å². The van der Waals surface area contributed by atoms with Crippen LogP contribution in [0.15, 0.2) is 35.7 Å². The van der Waals surface area contributed by atoms with Crippen molar-refractivity contribution in [2.24, 2.45) is 0 Å². The fraction of sp³-hybridized carbons (Fsp3) is 0.333. The van der Waals surface area contributed by atoms with Gasteiger partial charge in [-0.15, -0.1) is 11.3 Å². The summed E-state index contributed by atoms with van der Waals surface area (Å²) in [5, 5.41) is 2.91. The molecule has 1 atom stereocenters. The zero-order valence-electron chi connectivity index (χ0n) is 11.1. The van der Waals surface area contributed by atoms with Crippen LogP contribution in [0, 0.1) is 6.92 Å². The molecule has 19 heavy (non-hydrogen) atoms. The minimum Gasteiger partial charge on any atom is -0.366 e. The van der Waals surface area contributed by atoms with Gasteiger partial charge in [0.1, 0.15) is 6.10 Å². The number of ketones is 1. The molecule has 0 N–H and O–H groups in total. The maximum absolute atomic E-state index is 12.4. The third-order valence-corrected chi connectivity index (χ3v) is 3.57. The number of thiazole rings is 1. The summed E-state index contributed by atoms with van der Waals surface area (Å²) in [4.78, 5) is 16.7. The molecule has 0 radical (unpaired) electrons. The van der Waals surface area contributed by atoms with Gasteiger partial charge in [0.05, 0.1) is 17.1 Å². The molecule has 0 amide bonds. The van der Waals surface area contributed by atoms with Crippen LogP contribution >= 0.6 is 11.3 Å². The van der Waals surface area contributed by atoms with Crippen molar-refractivity contribution in [3.8, 4) is 0 Å². The van der Waals surface area contributed by atoms with Gasteiger partial charge >= 0.3 is 0 Å². The van der Waals surface area contributed by atoms with Crippen LogP contribution in [0.2, 0.25) is 0 Å². The average molecular weight is 275 g/mol. The number of benzene rings is 1.